The molecule has 7 heteroatoms. The summed E-state index contributed by atoms with van der Waals surface area (Å²) in [6, 6.07) is -0.803. The Labute approximate surface area is 87.4 Å². The van der Waals surface area contributed by atoms with E-state index in [1.807, 2.05) is 6.79 Å². The number of rotatable bonds is 2. The van der Waals surface area contributed by atoms with E-state index in [0.29, 0.717) is 0 Å². The Balaban J connectivity index is 0.000000921. The van der Waals surface area contributed by atoms with Gasteiger partial charge in [0.25, 0.3) is 0 Å². The van der Waals surface area contributed by atoms with Gasteiger partial charge < -0.3 is 35.3 Å². The van der Waals surface area contributed by atoms with Crippen molar-refractivity contribution in [1.82, 2.24) is 0 Å². The van der Waals surface area contributed by atoms with Gasteiger partial charge in [-0.3, -0.25) is 0 Å². The third kappa shape index (κ3) is 3.20. The summed E-state index contributed by atoms with van der Waals surface area (Å²) < 4.78 is 9.90. The molecule has 0 radical (unpaired) electrons. The molecule has 1 heterocycles. The van der Waals surface area contributed by atoms with E-state index in [0.717, 1.165) is 0 Å². The molecule has 0 aliphatic carbocycles. The highest BCUT2D eigenvalue weighted by Gasteiger charge is 2.42. The molecule has 1 rings (SSSR count). The highest BCUT2D eigenvalue weighted by Crippen LogP contribution is 2.19. The molecular weight excluding hydrogens is 206 g/mol. The van der Waals surface area contributed by atoms with E-state index < -0.39 is 30.6 Å². The predicted octanol–water partition coefficient (Wildman–Crippen LogP) is -2.79. The first-order chi connectivity index (χ1) is 7.11. The summed E-state index contributed by atoms with van der Waals surface area (Å²) in [6.07, 6.45) is -3.96. The lowest BCUT2D eigenvalue weighted by molar-refractivity contribution is -0.257. The zero-order chi connectivity index (χ0) is 12.0. The molecule has 0 saturated carbocycles. The Morgan fingerprint density at radius 3 is 2.33 bits per heavy atom. The molecule has 0 aromatic rings. The maximum Gasteiger partial charge on any atom is 0.175 e. The maximum atomic E-state index is 9.40. The van der Waals surface area contributed by atoms with Gasteiger partial charge in [0, 0.05) is 7.11 Å². The third-order valence-electron chi connectivity index (χ3n) is 2.16. The molecule has 1 aliphatic rings. The smallest absolute Gasteiger partial charge is 0.175 e. The molecule has 5 N–H and O–H groups in total. The van der Waals surface area contributed by atoms with E-state index in [9.17, 15) is 10.2 Å². The summed E-state index contributed by atoms with van der Waals surface area (Å²) in [5.74, 6) is 0. The van der Waals surface area contributed by atoms with Crippen LogP contribution < -0.4 is 5.73 Å². The van der Waals surface area contributed by atoms with Crippen LogP contribution in [0, 0.1) is 0 Å². The van der Waals surface area contributed by atoms with E-state index in [1.165, 1.54) is 7.11 Å². The van der Waals surface area contributed by atoms with Gasteiger partial charge >= 0.3 is 0 Å². The second-order valence-corrected chi connectivity index (χ2v) is 3.02. The van der Waals surface area contributed by atoms with Gasteiger partial charge in [0.2, 0.25) is 0 Å². The fourth-order valence-electron chi connectivity index (χ4n) is 1.32. The summed E-state index contributed by atoms with van der Waals surface area (Å²) in [5, 5.41) is 27.5. The molecule has 15 heavy (non-hydrogen) atoms. The molecule has 0 amide bonds. The molecule has 5 atom stereocenters. The number of methoxy groups -OCH3 is 1. The normalized spacial score (nSPS) is 40.5. The van der Waals surface area contributed by atoms with Crippen molar-refractivity contribution in [1.29, 1.82) is 0 Å². The SMILES string of the molecule is C=O.COC1O[C@H](CO)[C@@H](O)[C@H](O)[C@H]1N. The van der Waals surface area contributed by atoms with Crippen LogP contribution in [0.3, 0.4) is 0 Å². The van der Waals surface area contributed by atoms with Crippen LogP contribution >= 0.6 is 0 Å². The zero-order valence-electron chi connectivity index (χ0n) is 8.44. The van der Waals surface area contributed by atoms with E-state index >= 15 is 0 Å². The molecule has 90 valence electrons. The minimum Gasteiger partial charge on any atom is -0.394 e. The number of ether oxygens (including phenoxy) is 2. The van der Waals surface area contributed by atoms with Crippen LogP contribution in [0.1, 0.15) is 0 Å². The Bertz CT molecular complexity index is 161. The molecule has 1 aliphatic heterocycles. The van der Waals surface area contributed by atoms with E-state index in [4.69, 9.17) is 25.1 Å². The number of carbonyl (C=O) groups is 1. The number of aliphatic hydroxyl groups is 3. The van der Waals surface area contributed by atoms with Crippen molar-refractivity contribution < 1.29 is 29.6 Å². The molecule has 7 nitrogen and oxygen atoms in total. The van der Waals surface area contributed by atoms with Crippen LogP contribution in [0.4, 0.5) is 0 Å². The fraction of sp³-hybridized carbons (Fsp3) is 0.875. The first-order valence-electron chi connectivity index (χ1n) is 4.31. The maximum absolute atomic E-state index is 9.40. The number of carbonyl (C=O) groups excluding carboxylic acids is 1. The van der Waals surface area contributed by atoms with Crippen molar-refractivity contribution in [2.75, 3.05) is 13.7 Å². The number of aliphatic hydroxyl groups excluding tert-OH is 3. The van der Waals surface area contributed by atoms with Gasteiger partial charge in [0.05, 0.1) is 12.6 Å². The van der Waals surface area contributed by atoms with Gasteiger partial charge in [0.1, 0.15) is 25.1 Å². The average Bonchev–Trinajstić information content (AvgIpc) is 2.29. The highest BCUT2D eigenvalue weighted by atomic mass is 16.7. The van der Waals surface area contributed by atoms with Gasteiger partial charge in [0.15, 0.2) is 6.29 Å². The zero-order valence-corrected chi connectivity index (χ0v) is 8.44. The summed E-state index contributed by atoms with van der Waals surface area (Å²) in [4.78, 5) is 8.00. The molecule has 0 aromatic carbocycles. The lowest BCUT2D eigenvalue weighted by atomic mass is 9.98. The fourth-order valence-corrected chi connectivity index (χ4v) is 1.32. The quantitative estimate of drug-likeness (QED) is 0.399. The van der Waals surface area contributed by atoms with Gasteiger partial charge in [-0.2, -0.15) is 0 Å². The largest absolute Gasteiger partial charge is 0.394 e. The summed E-state index contributed by atoms with van der Waals surface area (Å²) in [7, 11) is 1.38. The van der Waals surface area contributed by atoms with Crippen molar-refractivity contribution in [2.45, 2.75) is 30.6 Å². The number of hydrogen-bond acceptors (Lipinski definition) is 7. The van der Waals surface area contributed by atoms with Crippen LogP contribution in [-0.2, 0) is 14.3 Å². The number of hydrogen-bond donors (Lipinski definition) is 4. The van der Waals surface area contributed by atoms with Gasteiger partial charge in [-0.25, -0.2) is 0 Å². The van der Waals surface area contributed by atoms with Crippen molar-refractivity contribution >= 4 is 6.79 Å². The van der Waals surface area contributed by atoms with Crippen molar-refractivity contribution in [3.63, 3.8) is 0 Å². The van der Waals surface area contributed by atoms with Crippen molar-refractivity contribution in [3.05, 3.63) is 0 Å². The monoisotopic (exact) mass is 223 g/mol. The Kier molecular flexibility index (Phi) is 6.57. The Hall–Kier alpha value is -0.570. The van der Waals surface area contributed by atoms with Gasteiger partial charge in [-0.05, 0) is 0 Å². The van der Waals surface area contributed by atoms with Crippen LogP contribution in [-0.4, -0.2) is 66.5 Å². The third-order valence-corrected chi connectivity index (χ3v) is 2.16. The van der Waals surface area contributed by atoms with E-state index in [1.54, 1.807) is 0 Å². The molecule has 0 bridgehead atoms. The summed E-state index contributed by atoms with van der Waals surface area (Å²) in [6.45, 7) is 1.62. The molecule has 1 fully saturated rings. The van der Waals surface area contributed by atoms with Crippen LogP contribution in [0.15, 0.2) is 0 Å². The Morgan fingerprint density at radius 1 is 1.40 bits per heavy atom. The second kappa shape index (κ2) is 6.83. The lowest BCUT2D eigenvalue weighted by Gasteiger charge is -2.39. The lowest BCUT2D eigenvalue weighted by Crippen LogP contribution is -2.62. The second-order valence-electron chi connectivity index (χ2n) is 3.02. The van der Waals surface area contributed by atoms with Crippen LogP contribution in [0.25, 0.3) is 0 Å². The highest BCUT2D eigenvalue weighted by molar-refractivity contribution is 5.11. The van der Waals surface area contributed by atoms with Gasteiger partial charge in [-0.15, -0.1) is 0 Å². The van der Waals surface area contributed by atoms with E-state index in [2.05, 4.69) is 0 Å². The topological polar surface area (TPSA) is 122 Å². The van der Waals surface area contributed by atoms with Crippen LogP contribution in [0.2, 0.25) is 0 Å². The van der Waals surface area contributed by atoms with Crippen LogP contribution in [0.5, 0.6) is 0 Å². The standard InChI is InChI=1S/C7H15NO5.CH2O/c1-12-7-4(8)6(11)5(10)3(2-9)13-7;1-2/h3-7,9-11H,2,8H2,1H3;1H2/t3-,4-,5-,6-,7?;/m1./s1. The molecule has 0 spiro atoms. The molecule has 1 unspecified atom stereocenters. The minimum absolute atomic E-state index is 0.384. The van der Waals surface area contributed by atoms with Crippen molar-refractivity contribution in [3.8, 4) is 0 Å². The molecule has 0 aromatic heterocycles. The first-order valence-corrected chi connectivity index (χ1v) is 4.31. The van der Waals surface area contributed by atoms with E-state index in [-0.39, 0.29) is 6.61 Å². The molecule has 1 saturated heterocycles. The van der Waals surface area contributed by atoms with Crippen molar-refractivity contribution in [2.24, 2.45) is 5.73 Å². The average molecular weight is 223 g/mol. The Morgan fingerprint density at radius 2 is 1.93 bits per heavy atom. The predicted molar refractivity (Wildman–Crippen MR) is 49.9 cm³/mol. The molecular formula is C8H17NO6. The summed E-state index contributed by atoms with van der Waals surface area (Å²) >= 11 is 0. The number of nitrogens with two attached hydrogens (primary N) is 1. The van der Waals surface area contributed by atoms with Gasteiger partial charge in [-0.1, -0.05) is 0 Å². The summed E-state index contributed by atoms with van der Waals surface area (Å²) in [5.41, 5.74) is 5.50. The first kappa shape index (κ1) is 14.4. The minimum atomic E-state index is -1.17.